The summed E-state index contributed by atoms with van der Waals surface area (Å²) in [5, 5.41) is 3.16. The Morgan fingerprint density at radius 2 is 2.05 bits per heavy atom. The van der Waals surface area contributed by atoms with E-state index < -0.39 is 11.6 Å². The molecule has 2 rings (SSSR count). The highest BCUT2D eigenvalue weighted by Gasteiger charge is 2.49. The molecule has 1 aliphatic rings. The van der Waals surface area contributed by atoms with Crippen molar-refractivity contribution in [3.63, 3.8) is 0 Å². The van der Waals surface area contributed by atoms with E-state index in [0.717, 1.165) is 19.1 Å². The van der Waals surface area contributed by atoms with Gasteiger partial charge in [0.05, 0.1) is 11.8 Å². The normalized spacial score (nSPS) is 24.6. The monoisotopic (exact) mass is 283 g/mol. The summed E-state index contributed by atoms with van der Waals surface area (Å²) in [5.41, 5.74) is 0.294. The zero-order chi connectivity index (χ0) is 14.9. The molecule has 2 unspecified atom stereocenters. The van der Waals surface area contributed by atoms with E-state index in [4.69, 9.17) is 4.74 Å². The van der Waals surface area contributed by atoms with Crippen LogP contribution >= 0.6 is 0 Å². The third-order valence-corrected chi connectivity index (χ3v) is 4.07. The van der Waals surface area contributed by atoms with Crippen LogP contribution in [-0.4, -0.2) is 18.8 Å². The Kier molecular flexibility index (Phi) is 4.33. The lowest BCUT2D eigenvalue weighted by Crippen LogP contribution is -2.58. The van der Waals surface area contributed by atoms with Crippen LogP contribution in [0.1, 0.15) is 34.1 Å². The Balaban J connectivity index is 1.95. The molecule has 2 nitrogen and oxygen atoms in total. The molecule has 0 heterocycles. The van der Waals surface area contributed by atoms with Gasteiger partial charge < -0.3 is 10.1 Å². The molecule has 4 heteroatoms. The van der Waals surface area contributed by atoms with Crippen LogP contribution in [0.4, 0.5) is 14.5 Å². The Morgan fingerprint density at radius 1 is 1.35 bits per heavy atom. The highest BCUT2D eigenvalue weighted by molar-refractivity contribution is 5.46. The molecule has 2 atom stereocenters. The number of halogens is 2. The van der Waals surface area contributed by atoms with Gasteiger partial charge in [-0.2, -0.15) is 0 Å². The van der Waals surface area contributed by atoms with Crippen LogP contribution in [-0.2, 0) is 4.74 Å². The standard InChI is InChI=1S/C16H23F2NO/c1-10(2)9-20-15-8-14(16(15,3)4)19-13-6-5-11(17)7-12(13)18/h5-7,10,14-15,19H,8-9H2,1-4H3. The van der Waals surface area contributed by atoms with Crippen LogP contribution in [0.25, 0.3) is 0 Å². The zero-order valence-corrected chi connectivity index (χ0v) is 12.5. The van der Waals surface area contributed by atoms with Crippen LogP contribution in [0.5, 0.6) is 0 Å². The van der Waals surface area contributed by atoms with E-state index in [1.807, 2.05) is 0 Å². The topological polar surface area (TPSA) is 21.3 Å². The molecule has 1 fully saturated rings. The fourth-order valence-electron chi connectivity index (χ4n) is 2.52. The van der Waals surface area contributed by atoms with E-state index in [2.05, 4.69) is 33.0 Å². The van der Waals surface area contributed by atoms with Crippen molar-refractivity contribution in [2.45, 2.75) is 46.3 Å². The van der Waals surface area contributed by atoms with Crippen LogP contribution in [0.15, 0.2) is 18.2 Å². The van der Waals surface area contributed by atoms with Gasteiger partial charge in [0.25, 0.3) is 0 Å². The molecule has 1 aromatic rings. The number of ether oxygens (including phenoxy) is 1. The molecule has 0 amide bonds. The van der Waals surface area contributed by atoms with Gasteiger partial charge in [-0.05, 0) is 24.5 Å². The van der Waals surface area contributed by atoms with Gasteiger partial charge in [-0.15, -0.1) is 0 Å². The molecule has 1 saturated carbocycles. The van der Waals surface area contributed by atoms with Gasteiger partial charge >= 0.3 is 0 Å². The molecule has 0 spiro atoms. The van der Waals surface area contributed by atoms with Crippen molar-refractivity contribution in [2.75, 3.05) is 11.9 Å². The lowest BCUT2D eigenvalue weighted by molar-refractivity contribution is -0.108. The minimum Gasteiger partial charge on any atom is -0.379 e. The molecule has 0 bridgehead atoms. The first-order chi connectivity index (χ1) is 9.30. The maximum atomic E-state index is 13.6. The third kappa shape index (κ3) is 3.11. The van der Waals surface area contributed by atoms with Crippen LogP contribution in [0.2, 0.25) is 0 Å². The first-order valence-corrected chi connectivity index (χ1v) is 7.14. The quantitative estimate of drug-likeness (QED) is 0.873. The van der Waals surface area contributed by atoms with Crippen molar-refractivity contribution in [1.82, 2.24) is 0 Å². The Bertz CT molecular complexity index is 474. The number of benzene rings is 1. The lowest BCUT2D eigenvalue weighted by atomic mass is 9.64. The summed E-state index contributed by atoms with van der Waals surface area (Å²) in [6.45, 7) is 9.21. The van der Waals surface area contributed by atoms with Crippen LogP contribution in [0.3, 0.4) is 0 Å². The summed E-state index contributed by atoms with van der Waals surface area (Å²) in [6.07, 6.45) is 1.03. The molecule has 1 aromatic carbocycles. The first kappa shape index (κ1) is 15.2. The van der Waals surface area contributed by atoms with Crippen molar-refractivity contribution in [2.24, 2.45) is 11.3 Å². The zero-order valence-electron chi connectivity index (χ0n) is 12.5. The Hall–Kier alpha value is -1.16. The number of nitrogens with one attached hydrogen (secondary N) is 1. The Morgan fingerprint density at radius 3 is 2.60 bits per heavy atom. The maximum Gasteiger partial charge on any atom is 0.149 e. The lowest BCUT2D eigenvalue weighted by Gasteiger charge is -2.52. The number of rotatable bonds is 5. The predicted octanol–water partition coefficient (Wildman–Crippen LogP) is 4.22. The van der Waals surface area contributed by atoms with Crippen molar-refractivity contribution in [3.8, 4) is 0 Å². The van der Waals surface area contributed by atoms with Gasteiger partial charge in [0.15, 0.2) is 0 Å². The van der Waals surface area contributed by atoms with Gasteiger partial charge in [0.2, 0.25) is 0 Å². The van der Waals surface area contributed by atoms with Crippen LogP contribution in [0, 0.1) is 23.0 Å². The van der Waals surface area contributed by atoms with Crippen LogP contribution < -0.4 is 5.32 Å². The van der Waals surface area contributed by atoms with Gasteiger partial charge in [-0.3, -0.25) is 0 Å². The predicted molar refractivity (Wildman–Crippen MR) is 76.7 cm³/mol. The SMILES string of the molecule is CC(C)COC1CC(Nc2ccc(F)cc2F)C1(C)C. The molecule has 1 N–H and O–H groups in total. The smallest absolute Gasteiger partial charge is 0.149 e. The number of hydrogen-bond donors (Lipinski definition) is 1. The number of anilines is 1. The average Bonchev–Trinajstić information content (AvgIpc) is 2.34. The largest absolute Gasteiger partial charge is 0.379 e. The number of hydrogen-bond acceptors (Lipinski definition) is 2. The summed E-state index contributed by atoms with van der Waals surface area (Å²) in [5.74, 6) is -0.598. The van der Waals surface area contributed by atoms with E-state index in [-0.39, 0.29) is 17.6 Å². The van der Waals surface area contributed by atoms with Gasteiger partial charge in [-0.25, -0.2) is 8.78 Å². The molecule has 112 valence electrons. The second-order valence-corrected chi connectivity index (χ2v) is 6.59. The average molecular weight is 283 g/mol. The van der Waals surface area contributed by atoms with E-state index >= 15 is 0 Å². The molecule has 0 aliphatic heterocycles. The summed E-state index contributed by atoms with van der Waals surface area (Å²) < 4.78 is 32.4. The maximum absolute atomic E-state index is 13.6. The molecule has 20 heavy (non-hydrogen) atoms. The second-order valence-electron chi connectivity index (χ2n) is 6.59. The van der Waals surface area contributed by atoms with E-state index in [1.165, 1.54) is 12.1 Å². The third-order valence-electron chi connectivity index (χ3n) is 4.07. The summed E-state index contributed by atoms with van der Waals surface area (Å²) in [6, 6.07) is 3.76. The molecule has 1 aliphatic carbocycles. The van der Waals surface area contributed by atoms with Gasteiger partial charge in [0.1, 0.15) is 11.6 Å². The van der Waals surface area contributed by atoms with Crippen molar-refractivity contribution >= 4 is 5.69 Å². The van der Waals surface area contributed by atoms with Crippen molar-refractivity contribution in [1.29, 1.82) is 0 Å². The minimum atomic E-state index is -0.556. The van der Waals surface area contributed by atoms with E-state index in [0.29, 0.717) is 11.6 Å². The van der Waals surface area contributed by atoms with E-state index in [9.17, 15) is 8.78 Å². The summed E-state index contributed by atoms with van der Waals surface area (Å²) in [7, 11) is 0. The first-order valence-electron chi connectivity index (χ1n) is 7.14. The van der Waals surface area contributed by atoms with E-state index in [1.54, 1.807) is 0 Å². The second kappa shape index (κ2) is 5.68. The fourth-order valence-corrected chi connectivity index (χ4v) is 2.52. The highest BCUT2D eigenvalue weighted by Crippen LogP contribution is 2.44. The molecule has 0 aromatic heterocycles. The summed E-state index contributed by atoms with van der Waals surface area (Å²) >= 11 is 0. The minimum absolute atomic E-state index is 0.0598. The van der Waals surface area contributed by atoms with Gasteiger partial charge in [0, 0.05) is 24.1 Å². The van der Waals surface area contributed by atoms with Gasteiger partial charge in [-0.1, -0.05) is 27.7 Å². The highest BCUT2D eigenvalue weighted by atomic mass is 19.1. The van der Waals surface area contributed by atoms with Crippen molar-refractivity contribution < 1.29 is 13.5 Å². The molecular weight excluding hydrogens is 260 g/mol. The molecular formula is C16H23F2NO. The Labute approximate surface area is 119 Å². The summed E-state index contributed by atoms with van der Waals surface area (Å²) in [4.78, 5) is 0. The van der Waals surface area contributed by atoms with Crippen molar-refractivity contribution in [3.05, 3.63) is 29.8 Å². The molecule has 0 saturated heterocycles. The molecule has 0 radical (unpaired) electrons. The fraction of sp³-hybridized carbons (Fsp3) is 0.625.